The van der Waals surface area contributed by atoms with Crippen LogP contribution in [0.5, 0.6) is 5.75 Å². The summed E-state index contributed by atoms with van der Waals surface area (Å²) in [4.78, 5) is 0. The van der Waals surface area contributed by atoms with Crippen LogP contribution < -0.4 is 9.30 Å². The molecule has 2 heterocycles. The van der Waals surface area contributed by atoms with Crippen molar-refractivity contribution >= 4 is 16.5 Å². The number of benzene rings is 1. The van der Waals surface area contributed by atoms with Crippen LogP contribution in [-0.2, 0) is 6.54 Å². The van der Waals surface area contributed by atoms with E-state index in [0.29, 0.717) is 0 Å². The zero-order valence-electron chi connectivity index (χ0n) is 10.6. The van der Waals surface area contributed by atoms with Gasteiger partial charge in [0.2, 0.25) is 11.2 Å². The second-order valence-electron chi connectivity index (χ2n) is 5.13. The highest BCUT2D eigenvalue weighted by Crippen LogP contribution is 2.37. The van der Waals surface area contributed by atoms with Crippen molar-refractivity contribution in [2.45, 2.75) is 25.8 Å². The first kappa shape index (κ1) is 10.1. The molecule has 2 nitrogen and oxygen atoms in total. The maximum absolute atomic E-state index is 5.45. The Morgan fingerprint density at radius 2 is 2.06 bits per heavy atom. The van der Waals surface area contributed by atoms with Gasteiger partial charge in [-0.25, -0.2) is 0 Å². The van der Waals surface area contributed by atoms with Gasteiger partial charge in [-0.1, -0.05) is 6.07 Å². The molecule has 0 bridgehead atoms. The Kier molecular flexibility index (Phi) is 2.01. The van der Waals surface area contributed by atoms with E-state index in [1.54, 1.807) is 18.3 Å². The summed E-state index contributed by atoms with van der Waals surface area (Å²) in [5.41, 5.74) is 5.95. The molecule has 18 heavy (non-hydrogen) atoms. The molecule has 4 rings (SSSR count). The normalized spacial score (nSPS) is 17.2. The third kappa shape index (κ3) is 1.20. The molecular formula is C16H16NO+. The second-order valence-corrected chi connectivity index (χ2v) is 5.13. The van der Waals surface area contributed by atoms with Crippen LogP contribution in [0, 0.1) is 0 Å². The minimum absolute atomic E-state index is 0.967. The Morgan fingerprint density at radius 1 is 1.11 bits per heavy atom. The highest BCUT2D eigenvalue weighted by molar-refractivity contribution is 5.84. The van der Waals surface area contributed by atoms with E-state index in [9.17, 15) is 0 Å². The number of nitrogens with zero attached hydrogens (tertiary/aromatic N) is 1. The quantitative estimate of drug-likeness (QED) is 0.696. The Balaban J connectivity index is 2.00. The van der Waals surface area contributed by atoms with Crippen molar-refractivity contribution in [3.63, 3.8) is 0 Å². The van der Waals surface area contributed by atoms with Gasteiger partial charge in [0.1, 0.15) is 5.75 Å². The van der Waals surface area contributed by atoms with Crippen LogP contribution >= 0.6 is 0 Å². The minimum atomic E-state index is 0.967. The lowest BCUT2D eigenvalue weighted by molar-refractivity contribution is -0.660. The predicted molar refractivity (Wildman–Crippen MR) is 71.5 cm³/mol. The monoisotopic (exact) mass is 238 g/mol. The standard InChI is InChI=1S/C16H16NO/c1-18-16-7-3-6-14-13(16)8-9-15-12-5-2-4-11(12)10-17(14)15/h3,6-9H,2,4-5,10H2,1H3/q+1. The van der Waals surface area contributed by atoms with E-state index >= 15 is 0 Å². The van der Waals surface area contributed by atoms with E-state index in [0.717, 1.165) is 12.3 Å². The summed E-state index contributed by atoms with van der Waals surface area (Å²) in [5, 5.41) is 1.21. The maximum Gasteiger partial charge on any atom is 0.217 e. The molecule has 0 amide bonds. The van der Waals surface area contributed by atoms with Crippen molar-refractivity contribution in [3.8, 4) is 5.75 Å². The van der Waals surface area contributed by atoms with Gasteiger partial charge < -0.3 is 4.74 Å². The molecule has 0 spiro atoms. The van der Waals surface area contributed by atoms with Gasteiger partial charge in [-0.2, -0.15) is 4.57 Å². The molecule has 2 aromatic rings. The largest absolute Gasteiger partial charge is 0.496 e. The summed E-state index contributed by atoms with van der Waals surface area (Å²) in [6.45, 7) is 1.08. The van der Waals surface area contributed by atoms with Crippen LogP contribution in [0.2, 0.25) is 0 Å². The Hall–Kier alpha value is -1.83. The van der Waals surface area contributed by atoms with Gasteiger partial charge >= 0.3 is 0 Å². The first-order valence-electron chi connectivity index (χ1n) is 6.59. The highest BCUT2D eigenvalue weighted by atomic mass is 16.5. The van der Waals surface area contributed by atoms with E-state index in [4.69, 9.17) is 4.74 Å². The zero-order chi connectivity index (χ0) is 12.1. The van der Waals surface area contributed by atoms with Crippen molar-refractivity contribution in [1.82, 2.24) is 0 Å². The van der Waals surface area contributed by atoms with Gasteiger partial charge in [-0.15, -0.1) is 0 Å². The molecule has 0 radical (unpaired) electrons. The molecule has 1 aromatic carbocycles. The summed E-state index contributed by atoms with van der Waals surface area (Å²) in [6, 6.07) is 10.8. The van der Waals surface area contributed by atoms with Gasteiger partial charge in [-0.05, 0) is 31.4 Å². The average molecular weight is 238 g/mol. The molecule has 90 valence electrons. The molecule has 0 N–H and O–H groups in total. The molecule has 1 aliphatic heterocycles. The Bertz CT molecular complexity index is 685. The molecule has 0 atom stereocenters. The SMILES string of the molecule is COc1cccc2c1ccc1[n+]2CC2=C1CCC2. The fourth-order valence-electron chi connectivity index (χ4n) is 3.41. The number of allylic oxidation sites excluding steroid dienone is 2. The number of methoxy groups -OCH3 is 1. The Morgan fingerprint density at radius 3 is 2.94 bits per heavy atom. The number of ether oxygens (including phenoxy) is 1. The van der Waals surface area contributed by atoms with Crippen LogP contribution in [0.3, 0.4) is 0 Å². The van der Waals surface area contributed by atoms with Crippen molar-refractivity contribution < 1.29 is 9.30 Å². The summed E-state index contributed by atoms with van der Waals surface area (Å²) >= 11 is 0. The Labute approximate surface area is 107 Å². The lowest BCUT2D eigenvalue weighted by Gasteiger charge is -2.06. The van der Waals surface area contributed by atoms with Gasteiger partial charge in [0.15, 0.2) is 6.54 Å². The molecule has 1 aromatic heterocycles. The molecule has 0 fully saturated rings. The zero-order valence-corrected chi connectivity index (χ0v) is 10.6. The maximum atomic E-state index is 5.45. The number of fused-ring (bicyclic) bond motifs is 4. The first-order valence-corrected chi connectivity index (χ1v) is 6.59. The van der Waals surface area contributed by atoms with Crippen molar-refractivity contribution in [3.05, 3.63) is 41.6 Å². The van der Waals surface area contributed by atoms with E-state index in [2.05, 4.69) is 28.8 Å². The van der Waals surface area contributed by atoms with E-state index < -0.39 is 0 Å². The van der Waals surface area contributed by atoms with Crippen molar-refractivity contribution in [2.75, 3.05) is 7.11 Å². The lowest BCUT2D eigenvalue weighted by atomic mass is 10.1. The predicted octanol–water partition coefficient (Wildman–Crippen LogP) is 3.09. The highest BCUT2D eigenvalue weighted by Gasteiger charge is 2.33. The number of pyridine rings is 1. The van der Waals surface area contributed by atoms with E-state index in [-0.39, 0.29) is 0 Å². The number of hydrogen-bond acceptors (Lipinski definition) is 1. The third-order valence-corrected chi connectivity index (χ3v) is 4.24. The van der Waals surface area contributed by atoms with Crippen LogP contribution in [-0.4, -0.2) is 7.11 Å². The summed E-state index contributed by atoms with van der Waals surface area (Å²) < 4.78 is 7.90. The van der Waals surface area contributed by atoms with Gasteiger partial charge in [0.05, 0.1) is 12.5 Å². The molecule has 2 aliphatic rings. The minimum Gasteiger partial charge on any atom is -0.496 e. The summed E-state index contributed by atoms with van der Waals surface area (Å²) in [7, 11) is 1.74. The lowest BCUT2D eigenvalue weighted by Crippen LogP contribution is -2.35. The van der Waals surface area contributed by atoms with E-state index in [1.165, 1.54) is 35.9 Å². The van der Waals surface area contributed by atoms with Gasteiger partial charge in [0.25, 0.3) is 0 Å². The van der Waals surface area contributed by atoms with Crippen LogP contribution in [0.25, 0.3) is 16.5 Å². The molecule has 1 aliphatic carbocycles. The van der Waals surface area contributed by atoms with Crippen LogP contribution in [0.1, 0.15) is 25.0 Å². The van der Waals surface area contributed by atoms with Crippen molar-refractivity contribution in [1.29, 1.82) is 0 Å². The molecule has 2 heteroatoms. The van der Waals surface area contributed by atoms with Gasteiger partial charge in [-0.3, -0.25) is 0 Å². The third-order valence-electron chi connectivity index (χ3n) is 4.24. The van der Waals surface area contributed by atoms with Crippen LogP contribution in [0.15, 0.2) is 35.9 Å². The molecule has 0 saturated heterocycles. The number of hydrogen-bond donors (Lipinski definition) is 0. The fourth-order valence-corrected chi connectivity index (χ4v) is 3.41. The number of aromatic nitrogens is 1. The van der Waals surface area contributed by atoms with Crippen LogP contribution in [0.4, 0.5) is 0 Å². The molecule has 0 unspecified atom stereocenters. The van der Waals surface area contributed by atoms with Crippen molar-refractivity contribution in [2.24, 2.45) is 0 Å². The van der Waals surface area contributed by atoms with Gasteiger partial charge in [0, 0.05) is 23.3 Å². The average Bonchev–Trinajstić information content (AvgIpc) is 2.98. The molecular weight excluding hydrogens is 222 g/mol. The summed E-state index contributed by atoms with van der Waals surface area (Å²) in [5.74, 6) is 0.967. The molecule has 0 saturated carbocycles. The van der Waals surface area contributed by atoms with E-state index in [1.807, 2.05) is 6.07 Å². The number of rotatable bonds is 1. The smallest absolute Gasteiger partial charge is 0.217 e. The first-order chi connectivity index (χ1) is 8.88. The second kappa shape index (κ2) is 3.58. The fraction of sp³-hybridized carbons (Fsp3) is 0.312. The topological polar surface area (TPSA) is 13.1 Å². The summed E-state index contributed by atoms with van der Waals surface area (Å²) in [6.07, 6.45) is 3.87.